The smallest absolute Gasteiger partial charge is 0.480 e. The molecule has 0 aromatic heterocycles. The van der Waals surface area contributed by atoms with Gasteiger partial charge in [0.05, 0.1) is 12.6 Å². The van der Waals surface area contributed by atoms with E-state index < -0.39 is 24.2 Å². The van der Waals surface area contributed by atoms with E-state index >= 15 is 0 Å². The van der Waals surface area contributed by atoms with Crippen LogP contribution in [0.15, 0.2) is 30.3 Å². The number of carbonyl (C=O) groups is 2. The summed E-state index contributed by atoms with van der Waals surface area (Å²) in [6.07, 6.45) is -3.89. The minimum atomic E-state index is -5.08. The highest BCUT2D eigenvalue weighted by Gasteiger charge is 2.38. The van der Waals surface area contributed by atoms with Crippen molar-refractivity contribution in [3.05, 3.63) is 35.9 Å². The fourth-order valence-electron chi connectivity index (χ4n) is 2.45. The fraction of sp³-hybridized carbons (Fsp3) is 0.467. The Hall–Kier alpha value is -2.13. The molecule has 2 atom stereocenters. The molecule has 0 aliphatic carbocycles. The average Bonchev–Trinajstić information content (AvgIpc) is 2.94. The lowest BCUT2D eigenvalue weighted by atomic mass is 10.0. The van der Waals surface area contributed by atoms with E-state index in [2.05, 4.69) is 0 Å². The first kappa shape index (κ1) is 19.9. The number of halogens is 3. The van der Waals surface area contributed by atoms with Crippen LogP contribution in [0.5, 0.6) is 0 Å². The Morgan fingerprint density at radius 2 is 1.75 bits per heavy atom. The van der Waals surface area contributed by atoms with Gasteiger partial charge in [-0.15, -0.1) is 0 Å². The van der Waals surface area contributed by atoms with Crippen LogP contribution in [0.4, 0.5) is 13.2 Å². The van der Waals surface area contributed by atoms with E-state index in [1.807, 2.05) is 35.2 Å². The molecule has 1 aromatic carbocycles. The predicted octanol–water partition coefficient (Wildman–Crippen LogP) is 1.90. The van der Waals surface area contributed by atoms with Crippen LogP contribution in [-0.4, -0.2) is 57.5 Å². The van der Waals surface area contributed by atoms with Crippen LogP contribution in [0.25, 0.3) is 0 Å². The van der Waals surface area contributed by atoms with E-state index in [0.717, 1.165) is 24.9 Å². The Labute approximate surface area is 136 Å². The zero-order valence-corrected chi connectivity index (χ0v) is 12.6. The molecule has 1 heterocycles. The molecule has 3 N–H and O–H groups in total. The molecule has 0 bridgehead atoms. The number of aliphatic hydroxyl groups is 1. The highest BCUT2D eigenvalue weighted by atomic mass is 19.4. The van der Waals surface area contributed by atoms with Crippen LogP contribution in [0.1, 0.15) is 24.5 Å². The number of hydrogen-bond donors (Lipinski definition) is 3. The van der Waals surface area contributed by atoms with E-state index in [0.29, 0.717) is 0 Å². The Kier molecular flexibility index (Phi) is 7.18. The van der Waals surface area contributed by atoms with Gasteiger partial charge in [0, 0.05) is 6.04 Å². The van der Waals surface area contributed by atoms with Gasteiger partial charge in [0.1, 0.15) is 0 Å². The molecule has 0 saturated carbocycles. The van der Waals surface area contributed by atoms with Crippen molar-refractivity contribution >= 4 is 11.9 Å². The van der Waals surface area contributed by atoms with Gasteiger partial charge in [0.15, 0.2) is 0 Å². The molecule has 2 rings (SSSR count). The van der Waals surface area contributed by atoms with Crippen molar-refractivity contribution in [2.24, 2.45) is 0 Å². The zero-order chi connectivity index (χ0) is 18.3. The summed E-state index contributed by atoms with van der Waals surface area (Å²) in [5, 5.41) is 26.2. The maximum atomic E-state index is 10.7. The Morgan fingerprint density at radius 3 is 2.21 bits per heavy atom. The van der Waals surface area contributed by atoms with Crippen molar-refractivity contribution < 1.29 is 38.1 Å². The highest BCUT2D eigenvalue weighted by Crippen LogP contribution is 2.28. The average molecular weight is 349 g/mol. The molecule has 24 heavy (non-hydrogen) atoms. The second-order valence-electron chi connectivity index (χ2n) is 5.23. The lowest BCUT2D eigenvalue weighted by Crippen LogP contribution is -2.38. The number of hydrogen-bond acceptors (Lipinski definition) is 4. The molecule has 134 valence electrons. The molecular weight excluding hydrogens is 331 g/mol. The van der Waals surface area contributed by atoms with Crippen molar-refractivity contribution in [3.63, 3.8) is 0 Å². The third-order valence-electron chi connectivity index (χ3n) is 3.50. The predicted molar refractivity (Wildman–Crippen MR) is 77.3 cm³/mol. The van der Waals surface area contributed by atoms with E-state index in [1.54, 1.807) is 0 Å². The number of nitrogens with zero attached hydrogens (tertiary/aromatic N) is 1. The van der Waals surface area contributed by atoms with Gasteiger partial charge >= 0.3 is 18.1 Å². The van der Waals surface area contributed by atoms with E-state index in [1.165, 1.54) is 0 Å². The summed E-state index contributed by atoms with van der Waals surface area (Å²) in [7, 11) is 0. The molecule has 0 spiro atoms. The monoisotopic (exact) mass is 349 g/mol. The summed E-state index contributed by atoms with van der Waals surface area (Å²) in [5.41, 5.74) is 0.856. The molecule has 1 aliphatic heterocycles. The number of aliphatic hydroxyl groups excluding tert-OH is 1. The summed E-state index contributed by atoms with van der Waals surface area (Å²) in [4.78, 5) is 21.5. The van der Waals surface area contributed by atoms with Crippen LogP contribution < -0.4 is 0 Å². The van der Waals surface area contributed by atoms with E-state index in [9.17, 15) is 23.1 Å². The SMILES string of the molecule is O=C(O)C(F)(F)F.O=C(O)CN1CCCC1C(O)c1ccccc1. The first-order valence-corrected chi connectivity index (χ1v) is 7.12. The van der Waals surface area contributed by atoms with Gasteiger partial charge in [-0.3, -0.25) is 9.69 Å². The molecule has 9 heteroatoms. The lowest BCUT2D eigenvalue weighted by Gasteiger charge is -2.27. The summed E-state index contributed by atoms with van der Waals surface area (Å²) < 4.78 is 31.7. The first-order valence-electron chi connectivity index (χ1n) is 7.12. The summed E-state index contributed by atoms with van der Waals surface area (Å²) in [6.45, 7) is 0.759. The summed E-state index contributed by atoms with van der Waals surface area (Å²) >= 11 is 0. The Morgan fingerprint density at radius 1 is 1.21 bits per heavy atom. The molecule has 0 radical (unpaired) electrons. The third-order valence-corrected chi connectivity index (χ3v) is 3.50. The van der Waals surface area contributed by atoms with Gasteiger partial charge in [-0.25, -0.2) is 4.79 Å². The number of benzene rings is 1. The van der Waals surface area contributed by atoms with Crippen LogP contribution in [-0.2, 0) is 9.59 Å². The molecule has 6 nitrogen and oxygen atoms in total. The first-order chi connectivity index (χ1) is 11.1. The number of alkyl halides is 3. The van der Waals surface area contributed by atoms with E-state index in [-0.39, 0.29) is 12.6 Å². The Bertz CT molecular complexity index is 550. The van der Waals surface area contributed by atoms with Gasteiger partial charge in [-0.05, 0) is 24.9 Å². The van der Waals surface area contributed by atoms with E-state index in [4.69, 9.17) is 15.0 Å². The zero-order valence-electron chi connectivity index (χ0n) is 12.6. The summed E-state index contributed by atoms with van der Waals surface area (Å²) in [6, 6.07) is 9.35. The van der Waals surface area contributed by atoms with Crippen molar-refractivity contribution in [1.29, 1.82) is 0 Å². The number of likely N-dealkylation sites (tertiary alicyclic amines) is 1. The molecule has 1 fully saturated rings. The topological polar surface area (TPSA) is 98.1 Å². The van der Waals surface area contributed by atoms with Crippen molar-refractivity contribution in [2.45, 2.75) is 31.2 Å². The van der Waals surface area contributed by atoms with Crippen LogP contribution in [0.2, 0.25) is 0 Å². The van der Waals surface area contributed by atoms with Gasteiger partial charge in [0.25, 0.3) is 0 Å². The normalized spacial score (nSPS) is 19.2. The number of carboxylic acid groups (broad SMARTS) is 2. The maximum absolute atomic E-state index is 10.7. The van der Waals surface area contributed by atoms with Gasteiger partial charge in [0.2, 0.25) is 0 Å². The van der Waals surface area contributed by atoms with Gasteiger partial charge < -0.3 is 15.3 Å². The van der Waals surface area contributed by atoms with Crippen LogP contribution >= 0.6 is 0 Å². The molecule has 2 unspecified atom stereocenters. The molecule has 1 aromatic rings. The lowest BCUT2D eigenvalue weighted by molar-refractivity contribution is -0.192. The minimum absolute atomic E-state index is 0.00849. The molecule has 1 saturated heterocycles. The third kappa shape index (κ3) is 6.17. The largest absolute Gasteiger partial charge is 0.490 e. The van der Waals surface area contributed by atoms with Crippen molar-refractivity contribution in [3.8, 4) is 0 Å². The maximum Gasteiger partial charge on any atom is 0.490 e. The highest BCUT2D eigenvalue weighted by molar-refractivity contribution is 5.73. The second kappa shape index (κ2) is 8.65. The van der Waals surface area contributed by atoms with Crippen molar-refractivity contribution in [2.75, 3.05) is 13.1 Å². The molecular formula is C15H18F3NO5. The standard InChI is InChI=1S/C13H17NO3.C2HF3O2/c15-12(16)9-14-8-4-7-11(14)13(17)10-5-2-1-3-6-10;3-2(4,5)1(6)7/h1-3,5-6,11,13,17H,4,7-9H2,(H,15,16);(H,6,7). The number of rotatable bonds is 4. The van der Waals surface area contributed by atoms with Crippen LogP contribution in [0.3, 0.4) is 0 Å². The quantitative estimate of drug-likeness (QED) is 0.768. The van der Waals surface area contributed by atoms with Gasteiger partial charge in [-0.2, -0.15) is 13.2 Å². The second-order valence-corrected chi connectivity index (χ2v) is 5.23. The summed E-state index contributed by atoms with van der Waals surface area (Å²) in [5.74, 6) is -3.59. The number of aliphatic carboxylic acids is 2. The van der Waals surface area contributed by atoms with Gasteiger partial charge in [-0.1, -0.05) is 30.3 Å². The fourth-order valence-corrected chi connectivity index (χ4v) is 2.45. The van der Waals surface area contributed by atoms with Crippen LogP contribution in [0, 0.1) is 0 Å². The Balaban J connectivity index is 0.000000351. The molecule has 0 amide bonds. The molecule has 1 aliphatic rings. The minimum Gasteiger partial charge on any atom is -0.480 e. The van der Waals surface area contributed by atoms with Crippen molar-refractivity contribution in [1.82, 2.24) is 4.90 Å². The number of carboxylic acids is 2.